The van der Waals surface area contributed by atoms with E-state index in [1.807, 2.05) is 12.1 Å². The van der Waals surface area contributed by atoms with E-state index in [4.69, 9.17) is 4.42 Å². The Morgan fingerprint density at radius 2 is 0.942 bits per heavy atom. The summed E-state index contributed by atoms with van der Waals surface area (Å²) in [4.78, 5) is 0. The highest BCUT2D eigenvalue weighted by atomic mass is 16.3. The molecule has 0 saturated heterocycles. The van der Waals surface area contributed by atoms with Crippen molar-refractivity contribution in [1.82, 2.24) is 0 Å². The second kappa shape index (κ2) is 10.8. The second-order valence-corrected chi connectivity index (χ2v) is 14.8. The average molecular weight is 663 g/mol. The molecule has 52 heavy (non-hydrogen) atoms. The molecule has 0 atom stereocenters. The van der Waals surface area contributed by atoms with Gasteiger partial charge in [0.25, 0.3) is 0 Å². The summed E-state index contributed by atoms with van der Waals surface area (Å²) in [5.41, 5.74) is 14.7. The number of para-hydroxylation sites is 1. The highest BCUT2D eigenvalue weighted by Crippen LogP contribution is 2.54. The topological polar surface area (TPSA) is 13.1 Å². The standard InChI is InChI=1S/C51H34O/c1-51(2)44-23-12-22-35(49(44)42-27-25-31-13-3-4-16-36(31)50(42)51)32-14-11-15-33(29-32)47-38-18-5-7-20-40(38)48(41-21-8-6-19-39(41)47)34-26-28-46-43(30-34)37-17-9-10-24-45(37)52-46/h3-30H,1-2H3. The maximum absolute atomic E-state index is 6.22. The fourth-order valence-corrected chi connectivity index (χ4v) is 9.37. The molecule has 11 rings (SSSR count). The summed E-state index contributed by atoms with van der Waals surface area (Å²) >= 11 is 0. The average Bonchev–Trinajstić information content (AvgIpc) is 3.68. The third-order valence-electron chi connectivity index (χ3n) is 11.6. The first-order chi connectivity index (χ1) is 25.6. The van der Waals surface area contributed by atoms with Crippen LogP contribution in [0.25, 0.3) is 98.8 Å². The first-order valence-corrected chi connectivity index (χ1v) is 18.2. The van der Waals surface area contributed by atoms with Gasteiger partial charge in [0, 0.05) is 16.2 Å². The summed E-state index contributed by atoms with van der Waals surface area (Å²) in [5, 5.41) is 9.93. The SMILES string of the molecule is CC1(C)c2cccc(-c3cccc(-c4c5ccccc5c(-c5ccc6oc7ccccc7c6c5)c5ccccc45)c3)c2-c2ccc3ccccc3c21. The number of hydrogen-bond acceptors (Lipinski definition) is 1. The molecule has 0 amide bonds. The van der Waals surface area contributed by atoms with Crippen molar-refractivity contribution in [3.63, 3.8) is 0 Å². The van der Waals surface area contributed by atoms with Gasteiger partial charge in [0.15, 0.2) is 0 Å². The van der Waals surface area contributed by atoms with Gasteiger partial charge < -0.3 is 4.42 Å². The van der Waals surface area contributed by atoms with Gasteiger partial charge in [-0.3, -0.25) is 0 Å². The minimum atomic E-state index is -0.104. The molecule has 0 spiro atoms. The van der Waals surface area contributed by atoms with Crippen LogP contribution in [0.5, 0.6) is 0 Å². The lowest BCUT2D eigenvalue weighted by molar-refractivity contribution is 0.666. The summed E-state index contributed by atoms with van der Waals surface area (Å²) in [6.07, 6.45) is 0. The highest BCUT2D eigenvalue weighted by Gasteiger charge is 2.38. The van der Waals surface area contributed by atoms with Crippen molar-refractivity contribution in [2.24, 2.45) is 0 Å². The third-order valence-corrected chi connectivity index (χ3v) is 11.6. The van der Waals surface area contributed by atoms with Gasteiger partial charge in [0.05, 0.1) is 0 Å². The zero-order valence-corrected chi connectivity index (χ0v) is 29.1. The monoisotopic (exact) mass is 662 g/mol. The lowest BCUT2D eigenvalue weighted by Gasteiger charge is -2.23. The summed E-state index contributed by atoms with van der Waals surface area (Å²) in [6.45, 7) is 4.77. The summed E-state index contributed by atoms with van der Waals surface area (Å²) in [6, 6.07) is 62.4. The Labute approximate surface area is 302 Å². The minimum absolute atomic E-state index is 0.104. The van der Waals surface area contributed by atoms with E-state index in [1.54, 1.807) is 0 Å². The van der Waals surface area contributed by atoms with Crippen molar-refractivity contribution in [3.8, 4) is 44.5 Å². The van der Waals surface area contributed by atoms with Crippen molar-refractivity contribution >= 4 is 54.3 Å². The van der Waals surface area contributed by atoms with Gasteiger partial charge in [-0.1, -0.05) is 159 Å². The first kappa shape index (κ1) is 29.3. The van der Waals surface area contributed by atoms with Gasteiger partial charge in [0.2, 0.25) is 0 Å². The Hall–Kier alpha value is -6.44. The van der Waals surface area contributed by atoms with Crippen LogP contribution in [0.4, 0.5) is 0 Å². The molecule has 10 aromatic rings. The Balaban J connectivity index is 1.14. The van der Waals surface area contributed by atoms with Crippen molar-refractivity contribution < 1.29 is 4.42 Å². The lowest BCUT2D eigenvalue weighted by atomic mass is 9.80. The van der Waals surface area contributed by atoms with Crippen molar-refractivity contribution in [2.45, 2.75) is 19.3 Å². The molecule has 244 valence electrons. The van der Waals surface area contributed by atoms with E-state index in [9.17, 15) is 0 Å². The molecular formula is C51H34O. The van der Waals surface area contributed by atoms with Gasteiger partial charge in [-0.15, -0.1) is 0 Å². The largest absolute Gasteiger partial charge is 0.456 e. The number of furan rings is 1. The van der Waals surface area contributed by atoms with E-state index in [0.29, 0.717) is 0 Å². The molecule has 0 N–H and O–H groups in total. The predicted octanol–water partition coefficient (Wildman–Crippen LogP) is 14.4. The van der Waals surface area contributed by atoms with Crippen LogP contribution >= 0.6 is 0 Å². The van der Waals surface area contributed by atoms with Crippen LogP contribution in [0.3, 0.4) is 0 Å². The van der Waals surface area contributed by atoms with E-state index < -0.39 is 0 Å². The van der Waals surface area contributed by atoms with E-state index in [1.165, 1.54) is 88.0 Å². The lowest BCUT2D eigenvalue weighted by Crippen LogP contribution is -2.15. The van der Waals surface area contributed by atoms with Crippen LogP contribution in [0, 0.1) is 0 Å². The molecule has 0 saturated carbocycles. The quantitative estimate of drug-likeness (QED) is 0.172. The summed E-state index contributed by atoms with van der Waals surface area (Å²) < 4.78 is 6.22. The smallest absolute Gasteiger partial charge is 0.135 e. The normalized spacial score (nSPS) is 13.3. The molecule has 0 bridgehead atoms. The Morgan fingerprint density at radius 1 is 0.365 bits per heavy atom. The fraction of sp³-hybridized carbons (Fsp3) is 0.0588. The summed E-state index contributed by atoms with van der Waals surface area (Å²) in [5.74, 6) is 0. The molecule has 0 unspecified atom stereocenters. The molecular weight excluding hydrogens is 629 g/mol. The number of fused-ring (bicyclic) bond motifs is 10. The van der Waals surface area contributed by atoms with Crippen molar-refractivity contribution in [3.05, 3.63) is 181 Å². The predicted molar refractivity (Wildman–Crippen MR) is 220 cm³/mol. The molecule has 1 aliphatic carbocycles. The van der Waals surface area contributed by atoms with Crippen LogP contribution in [0.15, 0.2) is 174 Å². The van der Waals surface area contributed by atoms with Crippen LogP contribution in [0.2, 0.25) is 0 Å². The van der Waals surface area contributed by atoms with Gasteiger partial charge in [-0.2, -0.15) is 0 Å². The van der Waals surface area contributed by atoms with Crippen LogP contribution < -0.4 is 0 Å². The Bertz CT molecular complexity index is 3040. The molecule has 1 aromatic heterocycles. The fourth-order valence-electron chi connectivity index (χ4n) is 9.37. The maximum atomic E-state index is 6.22. The molecule has 0 aliphatic heterocycles. The first-order valence-electron chi connectivity index (χ1n) is 18.2. The van der Waals surface area contributed by atoms with Crippen LogP contribution in [-0.4, -0.2) is 0 Å². The van der Waals surface area contributed by atoms with Gasteiger partial charge >= 0.3 is 0 Å². The zero-order chi connectivity index (χ0) is 34.6. The van der Waals surface area contributed by atoms with Crippen LogP contribution in [-0.2, 0) is 5.41 Å². The maximum Gasteiger partial charge on any atom is 0.135 e. The molecule has 0 fully saturated rings. The number of hydrogen-bond donors (Lipinski definition) is 0. The molecule has 1 heterocycles. The van der Waals surface area contributed by atoms with E-state index in [2.05, 4.69) is 172 Å². The summed E-state index contributed by atoms with van der Waals surface area (Å²) in [7, 11) is 0. The highest BCUT2D eigenvalue weighted by molar-refractivity contribution is 6.22. The van der Waals surface area contributed by atoms with Gasteiger partial charge in [-0.25, -0.2) is 0 Å². The zero-order valence-electron chi connectivity index (χ0n) is 29.1. The number of benzene rings is 9. The Morgan fingerprint density at radius 3 is 1.67 bits per heavy atom. The molecule has 0 radical (unpaired) electrons. The third kappa shape index (κ3) is 4.05. The minimum Gasteiger partial charge on any atom is -0.456 e. The van der Waals surface area contributed by atoms with Gasteiger partial charge in [0.1, 0.15) is 11.2 Å². The molecule has 1 heteroatoms. The molecule has 1 nitrogen and oxygen atoms in total. The second-order valence-electron chi connectivity index (χ2n) is 14.8. The van der Waals surface area contributed by atoms with E-state index in [-0.39, 0.29) is 5.41 Å². The van der Waals surface area contributed by atoms with Gasteiger partial charge in [-0.05, 0) is 112 Å². The molecule has 9 aromatic carbocycles. The van der Waals surface area contributed by atoms with E-state index in [0.717, 1.165) is 21.9 Å². The van der Waals surface area contributed by atoms with Crippen molar-refractivity contribution in [1.29, 1.82) is 0 Å². The van der Waals surface area contributed by atoms with Crippen LogP contribution in [0.1, 0.15) is 25.0 Å². The Kier molecular flexibility index (Phi) is 6.08. The van der Waals surface area contributed by atoms with Crippen molar-refractivity contribution in [2.75, 3.05) is 0 Å². The number of rotatable bonds is 3. The molecule has 1 aliphatic rings. The van der Waals surface area contributed by atoms with E-state index >= 15 is 0 Å².